The van der Waals surface area contributed by atoms with Crippen LogP contribution in [0.5, 0.6) is 0 Å². The van der Waals surface area contributed by atoms with Crippen LogP contribution in [0.1, 0.15) is 85.5 Å². The maximum absolute atomic E-state index is 11.6. The van der Waals surface area contributed by atoms with Gasteiger partial charge in [0.15, 0.2) is 0 Å². The van der Waals surface area contributed by atoms with E-state index in [4.69, 9.17) is 0 Å². The van der Waals surface area contributed by atoms with Gasteiger partial charge in [0.05, 0.1) is 42.2 Å². The Balaban J connectivity index is 1.57. The van der Waals surface area contributed by atoms with Gasteiger partial charge in [-0.25, -0.2) is 0 Å². The van der Waals surface area contributed by atoms with Gasteiger partial charge < -0.3 is 35.7 Å². The van der Waals surface area contributed by atoms with Gasteiger partial charge in [-0.15, -0.1) is 0 Å². The molecule has 7 N–H and O–H groups in total. The molecule has 7 heteroatoms. The van der Waals surface area contributed by atoms with Crippen molar-refractivity contribution in [2.45, 2.75) is 121 Å². The van der Waals surface area contributed by atoms with Gasteiger partial charge in [0.25, 0.3) is 0 Å². The van der Waals surface area contributed by atoms with Gasteiger partial charge in [-0.3, -0.25) is 0 Å². The van der Waals surface area contributed by atoms with Crippen molar-refractivity contribution >= 4 is 0 Å². The minimum absolute atomic E-state index is 0.00578. The predicted octanol–water partition coefficient (Wildman–Crippen LogP) is 1.58. The maximum atomic E-state index is 11.6. The Morgan fingerprint density at radius 1 is 1.03 bits per heavy atom. The van der Waals surface area contributed by atoms with Crippen LogP contribution in [0.25, 0.3) is 0 Å². The van der Waals surface area contributed by atoms with Gasteiger partial charge in [-0.1, -0.05) is 33.6 Å². The molecule has 0 heterocycles. The van der Waals surface area contributed by atoms with Crippen molar-refractivity contribution in [1.82, 2.24) is 0 Å². The zero-order valence-electron chi connectivity index (χ0n) is 21.4. The van der Waals surface area contributed by atoms with Gasteiger partial charge in [-0.2, -0.15) is 0 Å². The lowest BCUT2D eigenvalue weighted by atomic mass is 9.42. The summed E-state index contributed by atoms with van der Waals surface area (Å²) in [5.41, 5.74) is -3.23. The predicted molar refractivity (Wildman–Crippen MR) is 128 cm³/mol. The summed E-state index contributed by atoms with van der Waals surface area (Å²) in [5, 5.41) is 75.2. The van der Waals surface area contributed by atoms with Gasteiger partial charge >= 0.3 is 0 Å². The largest absolute Gasteiger partial charge is 0.393 e. The Labute approximate surface area is 204 Å². The highest BCUT2D eigenvalue weighted by molar-refractivity contribution is 5.19. The minimum atomic E-state index is -1.32. The third-order valence-electron chi connectivity index (χ3n) is 11.3. The number of rotatable bonds is 6. The molecule has 34 heavy (non-hydrogen) atoms. The molecule has 4 saturated carbocycles. The van der Waals surface area contributed by atoms with E-state index in [9.17, 15) is 35.7 Å². The molecule has 0 aromatic carbocycles. The van der Waals surface area contributed by atoms with Crippen LogP contribution < -0.4 is 0 Å². The molecular formula is C27H48O7. The normalized spacial score (nSPS) is 53.4. The van der Waals surface area contributed by atoms with Crippen LogP contribution in [0.4, 0.5) is 0 Å². The smallest absolute Gasteiger partial charge is 0.0985 e. The fourth-order valence-electron chi connectivity index (χ4n) is 9.44. The standard InChI is InChI=1S/C27H48O7/c1-15(6-5-9-24(2,33)14-28)20-22(31)23(32)21-17-12-19(30)27(34)13-16(29)7-11-26(27,4)18(17)8-10-25(20,21)3/h15-23,28-34H,5-14H2,1-4H3/t15?,16-,17?,18?,19+,20?,21?,22+,23+,24?,25+,26+,27+/m0/s1. The van der Waals surface area contributed by atoms with Crippen molar-refractivity contribution < 1.29 is 35.7 Å². The first kappa shape index (κ1) is 26.8. The number of hydrogen-bond acceptors (Lipinski definition) is 7. The number of aliphatic hydroxyl groups excluding tert-OH is 5. The van der Waals surface area contributed by atoms with E-state index in [0.29, 0.717) is 25.7 Å². The first-order valence-corrected chi connectivity index (χ1v) is 13.5. The van der Waals surface area contributed by atoms with Crippen LogP contribution in [0.2, 0.25) is 0 Å². The van der Waals surface area contributed by atoms with E-state index in [2.05, 4.69) is 20.8 Å². The highest BCUT2D eigenvalue weighted by atomic mass is 16.4. The summed E-state index contributed by atoms with van der Waals surface area (Å²) < 4.78 is 0. The van der Waals surface area contributed by atoms with Crippen LogP contribution >= 0.6 is 0 Å². The molecule has 0 amide bonds. The second-order valence-corrected chi connectivity index (χ2v) is 13.4. The summed E-state index contributed by atoms with van der Waals surface area (Å²) in [6, 6.07) is 0. The van der Waals surface area contributed by atoms with E-state index in [1.807, 2.05) is 0 Å². The zero-order valence-corrected chi connectivity index (χ0v) is 21.4. The van der Waals surface area contributed by atoms with Crippen molar-refractivity contribution in [1.29, 1.82) is 0 Å². The molecule has 6 unspecified atom stereocenters. The molecule has 0 aliphatic heterocycles. The molecule has 0 spiro atoms. The molecule has 4 aliphatic carbocycles. The lowest BCUT2D eigenvalue weighted by Crippen LogP contribution is -2.69. The Hall–Kier alpha value is -0.280. The third-order valence-corrected chi connectivity index (χ3v) is 11.3. The van der Waals surface area contributed by atoms with Crippen molar-refractivity contribution in [2.75, 3.05) is 6.61 Å². The second-order valence-electron chi connectivity index (χ2n) is 13.4. The molecule has 0 bridgehead atoms. The molecule has 0 radical (unpaired) electrons. The maximum Gasteiger partial charge on any atom is 0.0985 e. The third kappa shape index (κ3) is 3.89. The Morgan fingerprint density at radius 3 is 2.35 bits per heavy atom. The molecule has 13 atom stereocenters. The quantitative estimate of drug-likeness (QED) is 0.303. The number of hydrogen-bond donors (Lipinski definition) is 7. The Morgan fingerprint density at radius 2 is 1.71 bits per heavy atom. The summed E-state index contributed by atoms with van der Waals surface area (Å²) >= 11 is 0. The highest BCUT2D eigenvalue weighted by Gasteiger charge is 2.70. The molecule has 4 fully saturated rings. The lowest BCUT2D eigenvalue weighted by Gasteiger charge is -2.65. The van der Waals surface area contributed by atoms with Gasteiger partial charge in [0.2, 0.25) is 0 Å². The van der Waals surface area contributed by atoms with E-state index in [-0.39, 0.29) is 48.0 Å². The summed E-state index contributed by atoms with van der Waals surface area (Å²) in [6.07, 6.45) is 2.28. The van der Waals surface area contributed by atoms with Crippen molar-refractivity contribution in [2.24, 2.45) is 40.4 Å². The van der Waals surface area contributed by atoms with Crippen LogP contribution in [-0.4, -0.2) is 78.0 Å². The average molecular weight is 485 g/mol. The highest BCUT2D eigenvalue weighted by Crippen LogP contribution is 2.69. The first-order chi connectivity index (χ1) is 15.7. The van der Waals surface area contributed by atoms with Crippen LogP contribution in [0.15, 0.2) is 0 Å². The minimum Gasteiger partial charge on any atom is -0.393 e. The summed E-state index contributed by atoms with van der Waals surface area (Å²) in [7, 11) is 0. The Bertz CT molecular complexity index is 744. The van der Waals surface area contributed by atoms with E-state index >= 15 is 0 Å². The van der Waals surface area contributed by atoms with Crippen molar-refractivity contribution in [3.05, 3.63) is 0 Å². The van der Waals surface area contributed by atoms with Gasteiger partial charge in [0.1, 0.15) is 0 Å². The van der Waals surface area contributed by atoms with Gasteiger partial charge in [-0.05, 0) is 80.5 Å². The summed E-state index contributed by atoms with van der Waals surface area (Å²) in [4.78, 5) is 0. The number of aliphatic hydroxyl groups is 7. The van der Waals surface area contributed by atoms with Crippen LogP contribution in [-0.2, 0) is 0 Å². The monoisotopic (exact) mass is 484 g/mol. The zero-order chi connectivity index (χ0) is 25.3. The first-order valence-electron chi connectivity index (χ1n) is 13.5. The topological polar surface area (TPSA) is 142 Å². The van der Waals surface area contributed by atoms with Gasteiger partial charge in [0, 0.05) is 11.8 Å². The summed E-state index contributed by atoms with van der Waals surface area (Å²) in [6.45, 7) is 7.72. The van der Waals surface area contributed by atoms with E-state index < -0.39 is 41.0 Å². The van der Waals surface area contributed by atoms with Crippen LogP contribution in [0, 0.1) is 40.4 Å². The molecule has 198 valence electrons. The number of fused-ring (bicyclic) bond motifs is 5. The summed E-state index contributed by atoms with van der Waals surface area (Å²) in [5.74, 6) is 0.0217. The van der Waals surface area contributed by atoms with Crippen LogP contribution in [0.3, 0.4) is 0 Å². The molecule has 0 aromatic rings. The van der Waals surface area contributed by atoms with E-state index in [1.165, 1.54) is 0 Å². The molecular weight excluding hydrogens is 436 g/mol. The molecule has 4 aliphatic rings. The van der Waals surface area contributed by atoms with E-state index in [1.54, 1.807) is 6.92 Å². The van der Waals surface area contributed by atoms with E-state index in [0.717, 1.165) is 25.7 Å². The fourth-order valence-corrected chi connectivity index (χ4v) is 9.44. The van der Waals surface area contributed by atoms with Crippen molar-refractivity contribution in [3.63, 3.8) is 0 Å². The SMILES string of the molecule is CC(CCCC(C)(O)CO)C1[C@@H](O)[C@H](O)C2C3C[C@@H](O)[C@]4(O)C[C@@H](O)CC[C@]4(C)C3CC[C@]12C. The lowest BCUT2D eigenvalue weighted by molar-refractivity contribution is -0.268. The molecule has 7 nitrogen and oxygen atoms in total. The molecule has 0 aromatic heterocycles. The second kappa shape index (κ2) is 8.93. The molecule has 0 saturated heterocycles. The van der Waals surface area contributed by atoms with Crippen molar-refractivity contribution in [3.8, 4) is 0 Å². The Kier molecular flexibility index (Phi) is 7.03. The average Bonchev–Trinajstić information content (AvgIpc) is 2.96. The molecule has 4 rings (SSSR count). The fraction of sp³-hybridized carbons (Fsp3) is 1.00.